The van der Waals surface area contributed by atoms with Gasteiger partial charge in [0.25, 0.3) is 5.91 Å². The van der Waals surface area contributed by atoms with Crippen LogP contribution in [0.25, 0.3) is 0 Å². The minimum Gasteiger partial charge on any atom is -0.497 e. The Kier molecular flexibility index (Phi) is 4.17. The molecule has 0 aliphatic carbocycles. The third kappa shape index (κ3) is 2.86. The molecular formula is C14H16N4O2. The first-order valence-electron chi connectivity index (χ1n) is 6.00. The predicted octanol–water partition coefficient (Wildman–Crippen LogP) is 1.65. The third-order valence-corrected chi connectivity index (χ3v) is 2.92. The lowest BCUT2D eigenvalue weighted by molar-refractivity contribution is 0.0993. The smallest absolute Gasteiger partial charge is 0.258 e. The molecule has 0 atom stereocenters. The number of hydrazine groups is 1. The number of aromatic nitrogens is 1. The molecule has 1 amide bonds. The summed E-state index contributed by atoms with van der Waals surface area (Å²) in [5.74, 6) is 6.33. The van der Waals surface area contributed by atoms with Crippen molar-refractivity contribution in [3.8, 4) is 5.75 Å². The summed E-state index contributed by atoms with van der Waals surface area (Å²) in [7, 11) is 3.31. The van der Waals surface area contributed by atoms with E-state index in [1.165, 1.54) is 6.20 Å². The van der Waals surface area contributed by atoms with Crippen molar-refractivity contribution in [2.45, 2.75) is 0 Å². The maximum absolute atomic E-state index is 12.4. The largest absolute Gasteiger partial charge is 0.497 e. The molecule has 0 fully saturated rings. The molecule has 0 radical (unpaired) electrons. The fourth-order valence-electron chi connectivity index (χ4n) is 1.76. The second kappa shape index (κ2) is 6.03. The molecular weight excluding hydrogens is 256 g/mol. The van der Waals surface area contributed by atoms with E-state index < -0.39 is 0 Å². The number of amides is 1. The zero-order valence-electron chi connectivity index (χ0n) is 11.3. The number of carbonyl (C=O) groups excluding carboxylic acids is 1. The number of ether oxygens (including phenoxy) is 1. The fraction of sp³-hybridized carbons (Fsp3) is 0.143. The van der Waals surface area contributed by atoms with E-state index >= 15 is 0 Å². The van der Waals surface area contributed by atoms with Crippen LogP contribution in [-0.4, -0.2) is 25.0 Å². The summed E-state index contributed by atoms with van der Waals surface area (Å²) in [6, 6.07) is 10.5. The monoisotopic (exact) mass is 272 g/mol. The molecule has 0 aliphatic heterocycles. The van der Waals surface area contributed by atoms with E-state index in [0.29, 0.717) is 11.4 Å². The number of nitrogen functional groups attached to an aromatic ring is 1. The number of rotatable bonds is 4. The van der Waals surface area contributed by atoms with Gasteiger partial charge in [0.2, 0.25) is 0 Å². The summed E-state index contributed by atoms with van der Waals surface area (Å²) >= 11 is 0. The van der Waals surface area contributed by atoms with Crippen molar-refractivity contribution in [2.24, 2.45) is 5.84 Å². The SMILES string of the molecule is COc1ccc(N(C)C(=O)c2ccnc(NN)c2)cc1. The van der Waals surface area contributed by atoms with Crippen LogP contribution in [0.2, 0.25) is 0 Å². The topological polar surface area (TPSA) is 80.5 Å². The first kappa shape index (κ1) is 13.8. The van der Waals surface area contributed by atoms with Crippen LogP contribution in [0.15, 0.2) is 42.6 Å². The van der Waals surface area contributed by atoms with Crippen LogP contribution >= 0.6 is 0 Å². The van der Waals surface area contributed by atoms with Gasteiger partial charge in [0.15, 0.2) is 0 Å². The van der Waals surface area contributed by atoms with E-state index in [1.54, 1.807) is 43.3 Å². The van der Waals surface area contributed by atoms with Crippen molar-refractivity contribution in [3.63, 3.8) is 0 Å². The van der Waals surface area contributed by atoms with Gasteiger partial charge in [-0.15, -0.1) is 0 Å². The minimum absolute atomic E-state index is 0.144. The molecule has 6 heteroatoms. The quantitative estimate of drug-likeness (QED) is 0.653. The molecule has 0 saturated heterocycles. The van der Waals surface area contributed by atoms with Crippen LogP contribution in [0, 0.1) is 0 Å². The Bertz CT molecular complexity index is 598. The molecule has 0 bridgehead atoms. The molecule has 0 spiro atoms. The van der Waals surface area contributed by atoms with E-state index in [-0.39, 0.29) is 5.91 Å². The van der Waals surface area contributed by atoms with E-state index in [2.05, 4.69) is 10.4 Å². The highest BCUT2D eigenvalue weighted by molar-refractivity contribution is 6.06. The molecule has 104 valence electrons. The van der Waals surface area contributed by atoms with Gasteiger partial charge < -0.3 is 15.1 Å². The van der Waals surface area contributed by atoms with Crippen molar-refractivity contribution in [1.82, 2.24) is 4.98 Å². The fourth-order valence-corrected chi connectivity index (χ4v) is 1.76. The lowest BCUT2D eigenvalue weighted by Crippen LogP contribution is -2.26. The van der Waals surface area contributed by atoms with Gasteiger partial charge in [0, 0.05) is 24.5 Å². The van der Waals surface area contributed by atoms with Crippen molar-refractivity contribution < 1.29 is 9.53 Å². The standard InChI is InChI=1S/C14H16N4O2/c1-18(11-3-5-12(20-2)6-4-11)14(19)10-7-8-16-13(9-10)17-15/h3-9H,15H2,1-2H3,(H,16,17). The van der Waals surface area contributed by atoms with Crippen LogP contribution in [0.3, 0.4) is 0 Å². The van der Waals surface area contributed by atoms with E-state index in [0.717, 1.165) is 11.4 Å². The third-order valence-electron chi connectivity index (χ3n) is 2.92. The normalized spacial score (nSPS) is 9.95. The molecule has 0 aliphatic rings. The number of hydrogen-bond donors (Lipinski definition) is 2. The van der Waals surface area contributed by atoms with Crippen LogP contribution in [0.1, 0.15) is 10.4 Å². The molecule has 2 aromatic rings. The maximum Gasteiger partial charge on any atom is 0.258 e. The average molecular weight is 272 g/mol. The Balaban J connectivity index is 2.22. The van der Waals surface area contributed by atoms with Crippen LogP contribution in [0.4, 0.5) is 11.5 Å². The van der Waals surface area contributed by atoms with Crippen LogP contribution < -0.4 is 20.9 Å². The number of methoxy groups -OCH3 is 1. The van der Waals surface area contributed by atoms with E-state index in [4.69, 9.17) is 10.6 Å². The van der Waals surface area contributed by atoms with Gasteiger partial charge in [0.1, 0.15) is 11.6 Å². The highest BCUT2D eigenvalue weighted by atomic mass is 16.5. The summed E-state index contributed by atoms with van der Waals surface area (Å²) in [6.07, 6.45) is 1.53. The van der Waals surface area contributed by atoms with Gasteiger partial charge in [-0.2, -0.15) is 0 Å². The highest BCUT2D eigenvalue weighted by Gasteiger charge is 2.14. The number of carbonyl (C=O) groups is 1. The predicted molar refractivity (Wildman–Crippen MR) is 77.8 cm³/mol. The van der Waals surface area contributed by atoms with Crippen molar-refractivity contribution in [1.29, 1.82) is 0 Å². The van der Waals surface area contributed by atoms with Crippen LogP contribution in [-0.2, 0) is 0 Å². The highest BCUT2D eigenvalue weighted by Crippen LogP contribution is 2.20. The molecule has 1 aromatic carbocycles. The Labute approximate surface area is 117 Å². The van der Waals surface area contributed by atoms with Gasteiger partial charge in [0.05, 0.1) is 7.11 Å². The maximum atomic E-state index is 12.4. The average Bonchev–Trinajstić information content (AvgIpc) is 2.53. The molecule has 0 saturated carbocycles. The van der Waals surface area contributed by atoms with Crippen molar-refractivity contribution >= 4 is 17.4 Å². The Morgan fingerprint density at radius 2 is 2.00 bits per heavy atom. The first-order valence-corrected chi connectivity index (χ1v) is 6.00. The molecule has 1 aromatic heterocycles. The second-order valence-corrected chi connectivity index (χ2v) is 4.14. The molecule has 2 rings (SSSR count). The zero-order chi connectivity index (χ0) is 14.5. The number of hydrogen-bond acceptors (Lipinski definition) is 5. The lowest BCUT2D eigenvalue weighted by Gasteiger charge is -2.18. The lowest BCUT2D eigenvalue weighted by atomic mass is 10.2. The number of nitrogens with two attached hydrogens (primary N) is 1. The number of anilines is 2. The first-order chi connectivity index (χ1) is 9.65. The molecule has 0 unspecified atom stereocenters. The number of nitrogens with zero attached hydrogens (tertiary/aromatic N) is 2. The van der Waals surface area contributed by atoms with Crippen LogP contribution in [0.5, 0.6) is 5.75 Å². The Hall–Kier alpha value is -2.60. The van der Waals surface area contributed by atoms with E-state index in [1.807, 2.05) is 12.1 Å². The Morgan fingerprint density at radius 1 is 1.30 bits per heavy atom. The van der Waals surface area contributed by atoms with Crippen molar-refractivity contribution in [3.05, 3.63) is 48.2 Å². The van der Waals surface area contributed by atoms with Gasteiger partial charge in [-0.05, 0) is 36.4 Å². The number of benzene rings is 1. The Morgan fingerprint density at radius 3 is 2.60 bits per heavy atom. The van der Waals surface area contributed by atoms with Gasteiger partial charge in [-0.25, -0.2) is 10.8 Å². The minimum atomic E-state index is -0.144. The zero-order valence-corrected chi connectivity index (χ0v) is 11.3. The summed E-state index contributed by atoms with van der Waals surface area (Å²) in [4.78, 5) is 17.9. The summed E-state index contributed by atoms with van der Waals surface area (Å²) < 4.78 is 5.09. The second-order valence-electron chi connectivity index (χ2n) is 4.14. The van der Waals surface area contributed by atoms with Crippen molar-refractivity contribution in [2.75, 3.05) is 24.5 Å². The number of nitrogens with one attached hydrogen (secondary N) is 1. The van der Waals surface area contributed by atoms with Gasteiger partial charge in [-0.1, -0.05) is 0 Å². The molecule has 6 nitrogen and oxygen atoms in total. The molecule has 20 heavy (non-hydrogen) atoms. The number of pyridine rings is 1. The van der Waals surface area contributed by atoms with Gasteiger partial charge in [-0.3, -0.25) is 4.79 Å². The summed E-state index contributed by atoms with van der Waals surface area (Å²) in [6.45, 7) is 0. The summed E-state index contributed by atoms with van der Waals surface area (Å²) in [5, 5.41) is 0. The summed E-state index contributed by atoms with van der Waals surface area (Å²) in [5.41, 5.74) is 3.70. The molecule has 1 heterocycles. The molecule has 3 N–H and O–H groups in total. The van der Waals surface area contributed by atoms with E-state index in [9.17, 15) is 4.79 Å². The van der Waals surface area contributed by atoms with Gasteiger partial charge >= 0.3 is 0 Å².